The number of para-hydroxylation sites is 1. The first-order valence-corrected chi connectivity index (χ1v) is 4.28. The fraction of sp³-hybridized carbons (Fsp3) is 0.100. The third-order valence-corrected chi connectivity index (χ3v) is 2.05. The van der Waals surface area contributed by atoms with Crippen LogP contribution in [0.3, 0.4) is 0 Å². The van der Waals surface area contributed by atoms with Crippen molar-refractivity contribution in [1.82, 2.24) is 5.43 Å². The summed E-state index contributed by atoms with van der Waals surface area (Å²) in [5, 5.41) is 0. The summed E-state index contributed by atoms with van der Waals surface area (Å²) in [5.74, 6) is 5.57. The molecule has 0 saturated carbocycles. The van der Waals surface area contributed by atoms with Crippen molar-refractivity contribution in [3.05, 3.63) is 41.7 Å². The molecule has 4 heteroatoms. The number of hydrazine groups is 1. The van der Waals surface area contributed by atoms with Gasteiger partial charge in [-0.05, 0) is 24.1 Å². The molecule has 1 aliphatic rings. The zero-order chi connectivity index (χ0) is 9.97. The molecule has 14 heavy (non-hydrogen) atoms. The summed E-state index contributed by atoms with van der Waals surface area (Å²) in [6.45, 7) is 0. The molecule has 2 rings (SSSR count). The summed E-state index contributed by atoms with van der Waals surface area (Å²) in [4.78, 5) is 11.1. The van der Waals surface area contributed by atoms with Crippen molar-refractivity contribution in [1.29, 1.82) is 0 Å². The second-order valence-corrected chi connectivity index (χ2v) is 2.96. The zero-order valence-corrected chi connectivity index (χ0v) is 7.49. The van der Waals surface area contributed by atoms with Crippen LogP contribution in [0.2, 0.25) is 0 Å². The molecule has 0 fully saturated rings. The first-order chi connectivity index (χ1) is 6.81. The van der Waals surface area contributed by atoms with Crippen LogP contribution in [0.25, 0.3) is 0 Å². The van der Waals surface area contributed by atoms with E-state index in [1.54, 1.807) is 6.08 Å². The Balaban J connectivity index is 2.25. The lowest BCUT2D eigenvalue weighted by atomic mass is 10.1. The quantitative estimate of drug-likeness (QED) is 0.385. The Morgan fingerprint density at radius 1 is 1.43 bits per heavy atom. The predicted octanol–water partition coefficient (Wildman–Crippen LogP) is 0.495. The van der Waals surface area contributed by atoms with Crippen molar-refractivity contribution >= 4 is 5.91 Å². The van der Waals surface area contributed by atoms with E-state index in [-0.39, 0.29) is 5.76 Å². The number of carbonyl (C=O) groups is 1. The number of hydrogen-bond acceptors (Lipinski definition) is 3. The van der Waals surface area contributed by atoms with Gasteiger partial charge in [0.05, 0.1) is 0 Å². The molecule has 1 amide bonds. The predicted molar refractivity (Wildman–Crippen MR) is 51.2 cm³/mol. The summed E-state index contributed by atoms with van der Waals surface area (Å²) in [6.07, 6.45) is 2.41. The Morgan fingerprint density at radius 2 is 2.21 bits per heavy atom. The van der Waals surface area contributed by atoms with Gasteiger partial charge in [-0.25, -0.2) is 5.84 Å². The van der Waals surface area contributed by atoms with Crippen LogP contribution >= 0.6 is 0 Å². The third-order valence-electron chi connectivity index (χ3n) is 2.05. The fourth-order valence-electron chi connectivity index (χ4n) is 1.34. The van der Waals surface area contributed by atoms with Gasteiger partial charge in [0.1, 0.15) is 5.75 Å². The van der Waals surface area contributed by atoms with E-state index in [1.165, 1.54) is 0 Å². The number of nitrogens with two attached hydrogens (primary N) is 1. The van der Waals surface area contributed by atoms with Gasteiger partial charge in [-0.1, -0.05) is 18.2 Å². The molecular formula is C10H10N2O2. The van der Waals surface area contributed by atoms with Crippen LogP contribution < -0.4 is 16.0 Å². The molecular weight excluding hydrogens is 180 g/mol. The summed E-state index contributed by atoms with van der Waals surface area (Å²) >= 11 is 0. The molecule has 0 atom stereocenters. The second kappa shape index (κ2) is 3.51. The maximum Gasteiger partial charge on any atom is 0.300 e. The van der Waals surface area contributed by atoms with Gasteiger partial charge in [-0.15, -0.1) is 0 Å². The number of rotatable bonds is 1. The first-order valence-electron chi connectivity index (χ1n) is 4.28. The third kappa shape index (κ3) is 1.47. The number of allylic oxidation sites excluding steroid dienone is 1. The molecule has 1 aromatic carbocycles. The Kier molecular flexibility index (Phi) is 2.20. The van der Waals surface area contributed by atoms with Gasteiger partial charge in [0, 0.05) is 0 Å². The van der Waals surface area contributed by atoms with Gasteiger partial charge >= 0.3 is 5.91 Å². The van der Waals surface area contributed by atoms with E-state index < -0.39 is 5.91 Å². The minimum atomic E-state index is -0.403. The summed E-state index contributed by atoms with van der Waals surface area (Å²) in [5.41, 5.74) is 3.10. The SMILES string of the molecule is NNC(=O)C1=CCc2ccccc2O1. The molecule has 0 aliphatic carbocycles. The Bertz CT molecular complexity index is 399. The normalized spacial score (nSPS) is 13.6. The van der Waals surface area contributed by atoms with E-state index in [9.17, 15) is 4.79 Å². The highest BCUT2D eigenvalue weighted by Crippen LogP contribution is 2.25. The number of nitrogens with one attached hydrogen (secondary N) is 1. The minimum Gasteiger partial charge on any atom is -0.452 e. The number of hydrogen-bond donors (Lipinski definition) is 2. The van der Waals surface area contributed by atoms with Crippen LogP contribution in [-0.2, 0) is 11.2 Å². The highest BCUT2D eigenvalue weighted by molar-refractivity contribution is 5.91. The summed E-state index contributed by atoms with van der Waals surface area (Å²) in [7, 11) is 0. The molecule has 3 N–H and O–H groups in total. The largest absolute Gasteiger partial charge is 0.452 e. The Morgan fingerprint density at radius 3 is 3.00 bits per heavy atom. The Hall–Kier alpha value is -1.81. The number of ether oxygens (including phenoxy) is 1. The van der Waals surface area contributed by atoms with Gasteiger partial charge in [0.2, 0.25) is 0 Å². The van der Waals surface area contributed by atoms with E-state index in [2.05, 4.69) is 0 Å². The smallest absolute Gasteiger partial charge is 0.300 e. The van der Waals surface area contributed by atoms with E-state index in [1.807, 2.05) is 29.7 Å². The molecule has 0 radical (unpaired) electrons. The zero-order valence-electron chi connectivity index (χ0n) is 7.49. The maximum atomic E-state index is 11.1. The van der Waals surface area contributed by atoms with Gasteiger partial charge in [-0.2, -0.15) is 0 Å². The average Bonchev–Trinajstić information content (AvgIpc) is 2.27. The van der Waals surface area contributed by atoms with Crippen molar-refractivity contribution in [3.8, 4) is 5.75 Å². The summed E-state index contributed by atoms with van der Waals surface area (Å²) < 4.78 is 5.35. The van der Waals surface area contributed by atoms with Crippen LogP contribution in [-0.4, -0.2) is 5.91 Å². The molecule has 1 heterocycles. The molecule has 1 aliphatic heterocycles. The number of carbonyl (C=O) groups excluding carboxylic acids is 1. The molecule has 72 valence electrons. The second-order valence-electron chi connectivity index (χ2n) is 2.96. The number of benzene rings is 1. The van der Waals surface area contributed by atoms with Gasteiger partial charge in [0.25, 0.3) is 0 Å². The van der Waals surface area contributed by atoms with E-state index >= 15 is 0 Å². The van der Waals surface area contributed by atoms with Crippen molar-refractivity contribution in [3.63, 3.8) is 0 Å². The molecule has 0 saturated heterocycles. The molecule has 0 spiro atoms. The lowest BCUT2D eigenvalue weighted by Gasteiger charge is -2.16. The molecule has 0 bridgehead atoms. The molecule has 4 nitrogen and oxygen atoms in total. The standard InChI is InChI=1S/C10H10N2O2/c11-12-10(13)9-6-5-7-3-1-2-4-8(7)14-9/h1-4,6H,5,11H2,(H,12,13). The molecule has 0 unspecified atom stereocenters. The van der Waals surface area contributed by atoms with E-state index in [0.717, 1.165) is 5.56 Å². The van der Waals surface area contributed by atoms with E-state index in [4.69, 9.17) is 10.6 Å². The fourth-order valence-corrected chi connectivity index (χ4v) is 1.34. The van der Waals surface area contributed by atoms with Crippen molar-refractivity contribution < 1.29 is 9.53 Å². The average molecular weight is 190 g/mol. The van der Waals surface area contributed by atoms with Crippen LogP contribution in [0.1, 0.15) is 5.56 Å². The summed E-state index contributed by atoms with van der Waals surface area (Å²) in [6, 6.07) is 7.58. The van der Waals surface area contributed by atoms with Gasteiger partial charge in [0.15, 0.2) is 5.76 Å². The van der Waals surface area contributed by atoms with Crippen LogP contribution in [0.4, 0.5) is 0 Å². The first kappa shape index (κ1) is 8.77. The highest BCUT2D eigenvalue weighted by Gasteiger charge is 2.16. The van der Waals surface area contributed by atoms with Crippen molar-refractivity contribution in [2.45, 2.75) is 6.42 Å². The minimum absolute atomic E-state index is 0.256. The van der Waals surface area contributed by atoms with Crippen LogP contribution in [0, 0.1) is 0 Å². The topological polar surface area (TPSA) is 64.3 Å². The highest BCUT2D eigenvalue weighted by atomic mass is 16.5. The van der Waals surface area contributed by atoms with Crippen molar-refractivity contribution in [2.75, 3.05) is 0 Å². The monoisotopic (exact) mass is 190 g/mol. The molecule has 0 aromatic heterocycles. The number of amides is 1. The van der Waals surface area contributed by atoms with Crippen molar-refractivity contribution in [2.24, 2.45) is 5.84 Å². The Labute approximate surface area is 81.3 Å². The van der Waals surface area contributed by atoms with Gasteiger partial charge in [-0.3, -0.25) is 10.2 Å². The lowest BCUT2D eigenvalue weighted by Crippen LogP contribution is -2.33. The van der Waals surface area contributed by atoms with Crippen LogP contribution in [0.15, 0.2) is 36.1 Å². The lowest BCUT2D eigenvalue weighted by molar-refractivity contribution is -0.119. The van der Waals surface area contributed by atoms with Crippen LogP contribution in [0.5, 0.6) is 5.75 Å². The van der Waals surface area contributed by atoms with Gasteiger partial charge < -0.3 is 4.74 Å². The molecule has 1 aromatic rings. The maximum absolute atomic E-state index is 11.1. The number of fused-ring (bicyclic) bond motifs is 1. The van der Waals surface area contributed by atoms with E-state index in [0.29, 0.717) is 12.2 Å².